The van der Waals surface area contributed by atoms with Gasteiger partial charge >= 0.3 is 6.18 Å². The van der Waals surface area contributed by atoms with E-state index in [2.05, 4.69) is 0 Å². The Balaban J connectivity index is 2.60. The first-order valence-corrected chi connectivity index (χ1v) is 5.58. The molecule has 0 radical (unpaired) electrons. The van der Waals surface area contributed by atoms with E-state index < -0.39 is 40.0 Å². The van der Waals surface area contributed by atoms with E-state index >= 15 is 0 Å². The minimum absolute atomic E-state index is 0.406. The number of fused-ring (bicyclic) bond motifs is 2. The first-order valence-electron chi connectivity index (χ1n) is 5.58. The molecule has 0 aliphatic heterocycles. The molecule has 0 aromatic heterocycles. The second-order valence-corrected chi connectivity index (χ2v) is 5.73. The third-order valence-corrected chi connectivity index (χ3v) is 4.84. The third-order valence-electron chi connectivity index (χ3n) is 4.84. The minimum atomic E-state index is -4.83. The van der Waals surface area contributed by atoms with Crippen LogP contribution in [0.1, 0.15) is 33.6 Å². The molecule has 2 atom stereocenters. The number of hydrogen-bond acceptors (Lipinski definition) is 2. The highest BCUT2D eigenvalue weighted by Gasteiger charge is 2.66. The lowest BCUT2D eigenvalue weighted by Gasteiger charge is -2.31. The predicted molar refractivity (Wildman–Crippen MR) is 55.3 cm³/mol. The van der Waals surface area contributed by atoms with Crippen molar-refractivity contribution in [2.24, 2.45) is 16.7 Å². The quantitative estimate of drug-likeness (QED) is 0.527. The zero-order chi connectivity index (χ0) is 13.2. The van der Waals surface area contributed by atoms with E-state index in [0.717, 1.165) is 0 Å². The van der Waals surface area contributed by atoms with Crippen LogP contribution in [0.15, 0.2) is 11.3 Å². The van der Waals surface area contributed by atoms with Crippen molar-refractivity contribution in [1.29, 1.82) is 0 Å². The van der Waals surface area contributed by atoms with Crippen molar-refractivity contribution in [3.8, 4) is 0 Å². The van der Waals surface area contributed by atoms with Gasteiger partial charge < -0.3 is 5.11 Å². The number of allylic oxidation sites excluding steroid dienone is 2. The average molecular weight is 248 g/mol. The van der Waals surface area contributed by atoms with Crippen LogP contribution in [0.25, 0.3) is 0 Å². The molecule has 0 saturated heterocycles. The summed E-state index contributed by atoms with van der Waals surface area (Å²) in [5, 5.41) is 9.26. The maximum atomic E-state index is 12.5. The maximum Gasteiger partial charge on any atom is 0.449 e. The monoisotopic (exact) mass is 248 g/mol. The Labute approximate surface area is 97.5 Å². The maximum absolute atomic E-state index is 12.5. The second kappa shape index (κ2) is 3.06. The lowest BCUT2D eigenvalue weighted by molar-refractivity contribution is -0.131. The number of alkyl halides is 3. The summed E-state index contributed by atoms with van der Waals surface area (Å²) in [5.74, 6) is -2.71. The Morgan fingerprint density at radius 1 is 1.35 bits per heavy atom. The molecule has 96 valence electrons. The van der Waals surface area contributed by atoms with Crippen molar-refractivity contribution in [1.82, 2.24) is 0 Å². The summed E-state index contributed by atoms with van der Waals surface area (Å²) >= 11 is 0. The highest BCUT2D eigenvalue weighted by Crippen LogP contribution is 2.66. The Hall–Kier alpha value is -1.00. The molecule has 0 unspecified atom stereocenters. The van der Waals surface area contributed by atoms with Gasteiger partial charge in [-0.15, -0.1) is 0 Å². The largest absolute Gasteiger partial charge is 0.504 e. The molecule has 2 rings (SSSR count). The molecule has 2 aliphatic carbocycles. The summed E-state index contributed by atoms with van der Waals surface area (Å²) in [6.07, 6.45) is -3.70. The van der Waals surface area contributed by atoms with Crippen LogP contribution in [-0.2, 0) is 4.79 Å². The Morgan fingerprint density at radius 3 is 2.24 bits per heavy atom. The molecule has 2 nitrogen and oxygen atoms in total. The van der Waals surface area contributed by atoms with Crippen LogP contribution in [0.4, 0.5) is 13.2 Å². The number of rotatable bonds is 0. The molecule has 0 aromatic rings. The smallest absolute Gasteiger partial charge is 0.449 e. The van der Waals surface area contributed by atoms with Gasteiger partial charge in [0.25, 0.3) is 0 Å². The molecule has 2 saturated carbocycles. The summed E-state index contributed by atoms with van der Waals surface area (Å²) in [6, 6.07) is 0. The normalized spacial score (nSPS) is 38.7. The van der Waals surface area contributed by atoms with Gasteiger partial charge in [0.1, 0.15) is 0 Å². The van der Waals surface area contributed by atoms with Crippen molar-refractivity contribution < 1.29 is 23.1 Å². The van der Waals surface area contributed by atoms with Crippen LogP contribution in [0, 0.1) is 16.7 Å². The van der Waals surface area contributed by atoms with Crippen LogP contribution >= 0.6 is 0 Å². The molecule has 2 fully saturated rings. The summed E-state index contributed by atoms with van der Waals surface area (Å²) in [5.41, 5.74) is -1.69. The average Bonchev–Trinajstić information content (AvgIpc) is 2.47. The number of halogens is 3. The van der Waals surface area contributed by atoms with E-state index in [-0.39, 0.29) is 0 Å². The summed E-state index contributed by atoms with van der Waals surface area (Å²) in [4.78, 5) is 12.1. The van der Waals surface area contributed by atoms with Crippen LogP contribution < -0.4 is 0 Å². The molecule has 0 aromatic carbocycles. The Morgan fingerprint density at radius 2 is 1.88 bits per heavy atom. The number of hydrogen-bond donors (Lipinski definition) is 1. The topological polar surface area (TPSA) is 37.3 Å². The molecule has 2 aliphatic rings. The van der Waals surface area contributed by atoms with Gasteiger partial charge in [0.2, 0.25) is 5.76 Å². The fourth-order valence-electron chi connectivity index (χ4n) is 3.29. The first kappa shape index (κ1) is 12.5. The fourth-order valence-corrected chi connectivity index (χ4v) is 3.29. The van der Waals surface area contributed by atoms with Crippen molar-refractivity contribution >= 4 is 5.78 Å². The van der Waals surface area contributed by atoms with E-state index in [9.17, 15) is 23.1 Å². The molecule has 0 heterocycles. The number of carbonyl (C=O) groups excluding carboxylic acids is 1. The molecule has 5 heteroatoms. The number of aliphatic hydroxyl groups excluding tert-OH is 1. The highest BCUT2D eigenvalue weighted by atomic mass is 19.4. The van der Waals surface area contributed by atoms with Gasteiger partial charge in [0.05, 0.1) is 0 Å². The molecule has 2 bridgehead atoms. The lowest BCUT2D eigenvalue weighted by atomic mass is 9.70. The van der Waals surface area contributed by atoms with Crippen LogP contribution in [-0.4, -0.2) is 17.1 Å². The second-order valence-electron chi connectivity index (χ2n) is 5.73. The van der Waals surface area contributed by atoms with Gasteiger partial charge in [-0.3, -0.25) is 4.79 Å². The SMILES string of the molecule is CC1(C)[C@@H]2CC[C@]1(C)C(=O)C2=C(O)C(F)(F)F. The van der Waals surface area contributed by atoms with E-state index in [1.165, 1.54) is 0 Å². The molecule has 0 spiro atoms. The molecular formula is C12H15F3O2. The van der Waals surface area contributed by atoms with Crippen molar-refractivity contribution in [2.45, 2.75) is 39.8 Å². The first-order chi connectivity index (χ1) is 7.53. The van der Waals surface area contributed by atoms with E-state index in [4.69, 9.17) is 0 Å². The predicted octanol–water partition coefficient (Wildman–Crippen LogP) is 3.39. The standard InChI is InChI=1S/C12H15F3O2/c1-10(2)6-4-5-11(10,3)8(16)7(6)9(17)12(13,14)15/h6,17H,4-5H2,1-3H3/t6-,11-/m1/s1. The van der Waals surface area contributed by atoms with Gasteiger partial charge in [-0.05, 0) is 24.2 Å². The van der Waals surface area contributed by atoms with E-state index in [1.807, 2.05) is 0 Å². The third kappa shape index (κ3) is 1.31. The highest BCUT2D eigenvalue weighted by molar-refractivity contribution is 6.05. The van der Waals surface area contributed by atoms with Gasteiger partial charge in [-0.2, -0.15) is 13.2 Å². The van der Waals surface area contributed by atoms with E-state index in [0.29, 0.717) is 12.8 Å². The number of aliphatic hydroxyl groups is 1. The molecule has 17 heavy (non-hydrogen) atoms. The summed E-state index contributed by atoms with van der Waals surface area (Å²) in [6.45, 7) is 5.31. The van der Waals surface area contributed by atoms with Gasteiger partial charge in [0, 0.05) is 11.0 Å². The van der Waals surface area contributed by atoms with Crippen LogP contribution in [0.5, 0.6) is 0 Å². The fraction of sp³-hybridized carbons (Fsp3) is 0.750. The summed E-state index contributed by atoms with van der Waals surface area (Å²) in [7, 11) is 0. The van der Waals surface area contributed by atoms with Crippen LogP contribution in [0.3, 0.4) is 0 Å². The van der Waals surface area contributed by atoms with Crippen molar-refractivity contribution in [3.05, 3.63) is 11.3 Å². The van der Waals surface area contributed by atoms with Gasteiger partial charge in [0.15, 0.2) is 5.78 Å². The van der Waals surface area contributed by atoms with Crippen molar-refractivity contribution in [2.75, 3.05) is 0 Å². The zero-order valence-corrected chi connectivity index (χ0v) is 9.98. The minimum Gasteiger partial charge on any atom is -0.504 e. The Bertz CT molecular complexity index is 420. The molecular weight excluding hydrogens is 233 g/mol. The van der Waals surface area contributed by atoms with Crippen molar-refractivity contribution in [3.63, 3.8) is 0 Å². The number of ketones is 1. The number of carbonyl (C=O) groups is 1. The molecule has 1 N–H and O–H groups in total. The summed E-state index contributed by atoms with van der Waals surface area (Å²) < 4.78 is 37.5. The van der Waals surface area contributed by atoms with Gasteiger partial charge in [-0.25, -0.2) is 0 Å². The lowest BCUT2D eigenvalue weighted by Crippen LogP contribution is -2.32. The van der Waals surface area contributed by atoms with Gasteiger partial charge in [-0.1, -0.05) is 20.8 Å². The Kier molecular flexibility index (Phi) is 2.24. The molecule has 0 amide bonds. The van der Waals surface area contributed by atoms with Crippen LogP contribution in [0.2, 0.25) is 0 Å². The number of Topliss-reactive ketones (excluding diaryl/α,β-unsaturated/α-hetero) is 1. The van der Waals surface area contributed by atoms with E-state index in [1.54, 1.807) is 20.8 Å². The zero-order valence-electron chi connectivity index (χ0n) is 9.98.